The molecule has 1 aliphatic carbocycles. The van der Waals surface area contributed by atoms with Crippen molar-refractivity contribution in [2.45, 2.75) is 44.7 Å². The van der Waals surface area contributed by atoms with Crippen LogP contribution >= 0.6 is 0 Å². The van der Waals surface area contributed by atoms with Crippen LogP contribution in [0, 0.1) is 0 Å². The Kier molecular flexibility index (Phi) is 3.83. The molecule has 0 aromatic carbocycles. The summed E-state index contributed by atoms with van der Waals surface area (Å²) in [6.07, 6.45) is 7.64. The van der Waals surface area contributed by atoms with Crippen LogP contribution < -0.4 is 5.56 Å². The molecule has 1 aromatic rings. The molecule has 0 atom stereocenters. The molecule has 1 aliphatic rings. The van der Waals surface area contributed by atoms with Gasteiger partial charge in [-0.05, 0) is 23.9 Å². The summed E-state index contributed by atoms with van der Waals surface area (Å²) >= 11 is 0. The van der Waals surface area contributed by atoms with Crippen molar-refractivity contribution in [3.63, 3.8) is 0 Å². The van der Waals surface area contributed by atoms with Crippen LogP contribution in [0.25, 0.3) is 10.4 Å². The Labute approximate surface area is 99.7 Å². The second kappa shape index (κ2) is 5.55. The minimum atomic E-state index is 0.0431. The lowest BCUT2D eigenvalue weighted by Crippen LogP contribution is -2.25. The van der Waals surface area contributed by atoms with E-state index in [-0.39, 0.29) is 5.56 Å². The van der Waals surface area contributed by atoms with Gasteiger partial charge in [-0.25, -0.2) is 0 Å². The van der Waals surface area contributed by atoms with Crippen LogP contribution in [0.5, 0.6) is 0 Å². The van der Waals surface area contributed by atoms with E-state index in [4.69, 9.17) is 5.53 Å². The molecule has 1 fully saturated rings. The standard InChI is InChI=1S/C12H16N4O/c13-15-14-8-10-6-7-12(17)16(9-10)11-4-2-1-3-5-11/h6-7,9,11H,1-5,8H2. The van der Waals surface area contributed by atoms with E-state index in [0.29, 0.717) is 12.6 Å². The molecule has 0 bridgehead atoms. The monoisotopic (exact) mass is 232 g/mol. The molecule has 2 rings (SSSR count). The molecule has 0 radical (unpaired) electrons. The van der Waals surface area contributed by atoms with E-state index >= 15 is 0 Å². The Morgan fingerprint density at radius 2 is 2.12 bits per heavy atom. The highest BCUT2D eigenvalue weighted by atomic mass is 16.1. The quantitative estimate of drug-likeness (QED) is 0.448. The molecule has 90 valence electrons. The van der Waals surface area contributed by atoms with E-state index < -0.39 is 0 Å². The lowest BCUT2D eigenvalue weighted by atomic mass is 9.95. The zero-order chi connectivity index (χ0) is 12.1. The fourth-order valence-electron chi connectivity index (χ4n) is 2.40. The van der Waals surface area contributed by atoms with Gasteiger partial charge in [-0.1, -0.05) is 30.4 Å². The fraction of sp³-hybridized carbons (Fsp3) is 0.583. The maximum atomic E-state index is 11.8. The molecule has 0 N–H and O–H groups in total. The predicted molar refractivity (Wildman–Crippen MR) is 65.7 cm³/mol. The molecular weight excluding hydrogens is 216 g/mol. The topological polar surface area (TPSA) is 70.8 Å². The third kappa shape index (κ3) is 2.88. The molecule has 5 heteroatoms. The zero-order valence-corrected chi connectivity index (χ0v) is 9.75. The van der Waals surface area contributed by atoms with Gasteiger partial charge in [0.1, 0.15) is 0 Å². The summed E-state index contributed by atoms with van der Waals surface area (Å²) in [7, 11) is 0. The number of azide groups is 1. The second-order valence-corrected chi connectivity index (χ2v) is 4.46. The lowest BCUT2D eigenvalue weighted by molar-refractivity contribution is 0.345. The number of rotatable bonds is 3. The second-order valence-electron chi connectivity index (χ2n) is 4.46. The maximum Gasteiger partial charge on any atom is 0.250 e. The van der Waals surface area contributed by atoms with E-state index in [1.165, 1.54) is 19.3 Å². The van der Waals surface area contributed by atoms with Crippen LogP contribution in [-0.2, 0) is 6.54 Å². The number of aromatic nitrogens is 1. The van der Waals surface area contributed by atoms with Crippen LogP contribution in [-0.4, -0.2) is 4.57 Å². The van der Waals surface area contributed by atoms with Gasteiger partial charge in [0, 0.05) is 23.2 Å². The zero-order valence-electron chi connectivity index (χ0n) is 9.75. The van der Waals surface area contributed by atoms with Gasteiger partial charge < -0.3 is 4.57 Å². The van der Waals surface area contributed by atoms with Gasteiger partial charge >= 0.3 is 0 Å². The largest absolute Gasteiger partial charge is 0.312 e. The summed E-state index contributed by atoms with van der Waals surface area (Å²) in [5, 5.41) is 3.52. The van der Waals surface area contributed by atoms with Crippen LogP contribution in [0.2, 0.25) is 0 Å². The molecule has 0 unspecified atom stereocenters. The van der Waals surface area contributed by atoms with Crippen molar-refractivity contribution >= 4 is 0 Å². The molecular formula is C12H16N4O. The van der Waals surface area contributed by atoms with Gasteiger partial charge in [-0.15, -0.1) is 0 Å². The molecule has 5 nitrogen and oxygen atoms in total. The Hall–Kier alpha value is -1.74. The first kappa shape index (κ1) is 11.7. The SMILES string of the molecule is [N-]=[N+]=NCc1ccc(=O)n(C2CCCCC2)c1. The van der Waals surface area contributed by atoms with E-state index in [1.54, 1.807) is 16.7 Å². The van der Waals surface area contributed by atoms with Crippen LogP contribution in [0.1, 0.15) is 43.7 Å². The lowest BCUT2D eigenvalue weighted by Gasteiger charge is -2.24. The molecule has 0 saturated heterocycles. The summed E-state index contributed by atoms with van der Waals surface area (Å²) in [5.41, 5.74) is 9.23. The fourth-order valence-corrected chi connectivity index (χ4v) is 2.40. The molecule has 0 spiro atoms. The van der Waals surface area contributed by atoms with Crippen molar-refractivity contribution in [3.8, 4) is 0 Å². The predicted octanol–water partition coefficient (Wildman–Crippen LogP) is 3.16. The smallest absolute Gasteiger partial charge is 0.250 e. The minimum Gasteiger partial charge on any atom is -0.312 e. The van der Waals surface area contributed by atoms with Crippen LogP contribution in [0.3, 0.4) is 0 Å². The van der Waals surface area contributed by atoms with Gasteiger partial charge in [0.25, 0.3) is 5.56 Å². The average Bonchev–Trinajstić information content (AvgIpc) is 2.39. The Bertz CT molecular complexity index is 482. The van der Waals surface area contributed by atoms with Gasteiger partial charge in [0.2, 0.25) is 0 Å². The van der Waals surface area contributed by atoms with Crippen molar-refractivity contribution < 1.29 is 0 Å². The van der Waals surface area contributed by atoms with E-state index in [1.807, 2.05) is 6.20 Å². The minimum absolute atomic E-state index is 0.0431. The van der Waals surface area contributed by atoms with E-state index in [9.17, 15) is 4.79 Å². The van der Waals surface area contributed by atoms with Gasteiger partial charge in [-0.3, -0.25) is 4.79 Å². The first-order valence-electron chi connectivity index (χ1n) is 6.03. The van der Waals surface area contributed by atoms with Crippen molar-refractivity contribution in [1.82, 2.24) is 4.57 Å². The third-order valence-corrected chi connectivity index (χ3v) is 3.28. The Balaban J connectivity index is 2.24. The van der Waals surface area contributed by atoms with Crippen molar-refractivity contribution in [2.24, 2.45) is 5.11 Å². The summed E-state index contributed by atoms with van der Waals surface area (Å²) < 4.78 is 1.81. The highest BCUT2D eigenvalue weighted by Crippen LogP contribution is 2.26. The average molecular weight is 232 g/mol. The Morgan fingerprint density at radius 3 is 2.82 bits per heavy atom. The molecule has 1 aromatic heterocycles. The number of hydrogen-bond acceptors (Lipinski definition) is 2. The third-order valence-electron chi connectivity index (χ3n) is 3.28. The number of hydrogen-bond donors (Lipinski definition) is 0. The molecule has 0 aliphatic heterocycles. The number of pyridine rings is 1. The summed E-state index contributed by atoms with van der Waals surface area (Å²) in [6.45, 7) is 0.309. The molecule has 0 amide bonds. The maximum absolute atomic E-state index is 11.8. The van der Waals surface area contributed by atoms with Crippen LogP contribution in [0.15, 0.2) is 28.2 Å². The molecule has 17 heavy (non-hydrogen) atoms. The van der Waals surface area contributed by atoms with Crippen molar-refractivity contribution in [1.29, 1.82) is 0 Å². The highest BCUT2D eigenvalue weighted by molar-refractivity contribution is 5.10. The van der Waals surface area contributed by atoms with Gasteiger partial charge in [0.05, 0.1) is 6.54 Å². The van der Waals surface area contributed by atoms with Crippen molar-refractivity contribution in [2.75, 3.05) is 0 Å². The molecule has 1 saturated carbocycles. The molecule has 1 heterocycles. The van der Waals surface area contributed by atoms with E-state index in [2.05, 4.69) is 10.0 Å². The van der Waals surface area contributed by atoms with Gasteiger partial charge in [-0.2, -0.15) is 0 Å². The first-order valence-corrected chi connectivity index (χ1v) is 6.03. The summed E-state index contributed by atoms with van der Waals surface area (Å²) in [6, 6.07) is 3.62. The summed E-state index contributed by atoms with van der Waals surface area (Å²) in [4.78, 5) is 14.5. The Morgan fingerprint density at radius 1 is 1.35 bits per heavy atom. The van der Waals surface area contributed by atoms with Gasteiger partial charge in [0.15, 0.2) is 0 Å². The highest BCUT2D eigenvalue weighted by Gasteiger charge is 2.15. The summed E-state index contributed by atoms with van der Waals surface area (Å²) in [5.74, 6) is 0. The van der Waals surface area contributed by atoms with Crippen molar-refractivity contribution in [3.05, 3.63) is 44.7 Å². The number of nitrogens with zero attached hydrogens (tertiary/aromatic N) is 4. The van der Waals surface area contributed by atoms with Crippen LogP contribution in [0.4, 0.5) is 0 Å². The normalized spacial score (nSPS) is 16.5. The first-order chi connectivity index (χ1) is 8.31. The van der Waals surface area contributed by atoms with E-state index in [0.717, 1.165) is 18.4 Å².